The van der Waals surface area contributed by atoms with E-state index in [0.29, 0.717) is 25.1 Å². The van der Waals surface area contributed by atoms with Crippen molar-refractivity contribution in [2.24, 2.45) is 5.73 Å². The third-order valence-corrected chi connectivity index (χ3v) is 4.61. The van der Waals surface area contributed by atoms with Gasteiger partial charge < -0.3 is 20.1 Å². The molecule has 138 valence electrons. The molecule has 0 saturated carbocycles. The number of hydrogen-bond acceptors (Lipinski definition) is 4. The fourth-order valence-electron chi connectivity index (χ4n) is 3.23. The van der Waals surface area contributed by atoms with Crippen LogP contribution in [0.1, 0.15) is 30.1 Å². The SMILES string of the molecule is NC[C@H]1CC[C@@H](C(=O)N2CCOC(c3cccc(C(F)(F)F)c3)C2)O1. The molecule has 2 aliphatic rings. The number of benzene rings is 1. The Labute approximate surface area is 143 Å². The van der Waals surface area contributed by atoms with Crippen molar-refractivity contribution in [1.82, 2.24) is 4.90 Å². The lowest BCUT2D eigenvalue weighted by molar-refractivity contribution is -0.150. The molecule has 1 aromatic carbocycles. The van der Waals surface area contributed by atoms with Crippen molar-refractivity contribution < 1.29 is 27.4 Å². The lowest BCUT2D eigenvalue weighted by atomic mass is 10.0. The van der Waals surface area contributed by atoms with Gasteiger partial charge in [0.2, 0.25) is 0 Å². The van der Waals surface area contributed by atoms with Crippen LogP contribution in [0.25, 0.3) is 0 Å². The van der Waals surface area contributed by atoms with Crippen LogP contribution in [0.4, 0.5) is 13.2 Å². The Morgan fingerprint density at radius 2 is 2.12 bits per heavy atom. The maximum absolute atomic E-state index is 12.9. The first kappa shape index (κ1) is 18.2. The van der Waals surface area contributed by atoms with Gasteiger partial charge in [-0.2, -0.15) is 13.2 Å². The maximum Gasteiger partial charge on any atom is 0.416 e. The summed E-state index contributed by atoms with van der Waals surface area (Å²) in [6.07, 6.45) is -4.25. The maximum atomic E-state index is 12.9. The van der Waals surface area contributed by atoms with E-state index in [1.165, 1.54) is 6.07 Å². The Hall–Kier alpha value is -1.64. The lowest BCUT2D eigenvalue weighted by Crippen LogP contribution is -2.46. The highest BCUT2D eigenvalue weighted by molar-refractivity contribution is 5.81. The number of halogens is 3. The van der Waals surface area contributed by atoms with Gasteiger partial charge in [0.15, 0.2) is 0 Å². The van der Waals surface area contributed by atoms with Gasteiger partial charge >= 0.3 is 6.18 Å². The molecule has 5 nitrogen and oxygen atoms in total. The Morgan fingerprint density at radius 1 is 1.32 bits per heavy atom. The van der Waals surface area contributed by atoms with Crippen molar-refractivity contribution in [2.45, 2.75) is 37.3 Å². The molecule has 0 aromatic heterocycles. The van der Waals surface area contributed by atoms with Gasteiger partial charge in [0.05, 0.1) is 24.8 Å². The van der Waals surface area contributed by atoms with Crippen molar-refractivity contribution in [3.8, 4) is 0 Å². The van der Waals surface area contributed by atoms with Gasteiger partial charge in [-0.1, -0.05) is 12.1 Å². The van der Waals surface area contributed by atoms with Crippen LogP contribution in [0.5, 0.6) is 0 Å². The van der Waals surface area contributed by atoms with E-state index in [2.05, 4.69) is 0 Å². The summed E-state index contributed by atoms with van der Waals surface area (Å²) in [6.45, 7) is 1.27. The number of rotatable bonds is 3. The van der Waals surface area contributed by atoms with Crippen LogP contribution in [-0.2, 0) is 20.4 Å². The molecule has 2 N–H and O–H groups in total. The number of alkyl halides is 3. The minimum absolute atomic E-state index is 0.103. The van der Waals surface area contributed by atoms with Crippen molar-refractivity contribution in [1.29, 1.82) is 0 Å². The van der Waals surface area contributed by atoms with Gasteiger partial charge in [0.25, 0.3) is 5.91 Å². The number of nitrogens with zero attached hydrogens (tertiary/aromatic N) is 1. The predicted molar refractivity (Wildman–Crippen MR) is 83.7 cm³/mol. The number of carbonyl (C=O) groups excluding carboxylic acids is 1. The largest absolute Gasteiger partial charge is 0.416 e. The average molecular weight is 358 g/mol. The first-order valence-electron chi connectivity index (χ1n) is 8.31. The van der Waals surface area contributed by atoms with Gasteiger partial charge in [0, 0.05) is 13.1 Å². The second-order valence-corrected chi connectivity index (χ2v) is 6.33. The Bertz CT molecular complexity index is 623. The number of amides is 1. The zero-order valence-electron chi connectivity index (χ0n) is 13.7. The average Bonchev–Trinajstić information content (AvgIpc) is 3.10. The first-order valence-corrected chi connectivity index (χ1v) is 8.31. The minimum Gasteiger partial charge on any atom is -0.370 e. The molecule has 2 heterocycles. The second-order valence-electron chi connectivity index (χ2n) is 6.33. The van der Waals surface area contributed by atoms with E-state index in [-0.39, 0.29) is 25.2 Å². The van der Waals surface area contributed by atoms with Gasteiger partial charge in [-0.3, -0.25) is 4.79 Å². The molecule has 0 aliphatic carbocycles. The molecule has 8 heteroatoms. The summed E-state index contributed by atoms with van der Waals surface area (Å²) in [7, 11) is 0. The monoisotopic (exact) mass is 358 g/mol. The van der Waals surface area contributed by atoms with Crippen LogP contribution in [0, 0.1) is 0 Å². The summed E-state index contributed by atoms with van der Waals surface area (Å²) < 4.78 is 49.9. The fourth-order valence-corrected chi connectivity index (χ4v) is 3.23. The van der Waals surface area contributed by atoms with Crippen molar-refractivity contribution in [3.63, 3.8) is 0 Å². The molecule has 25 heavy (non-hydrogen) atoms. The predicted octanol–water partition coefficient (Wildman–Crippen LogP) is 2.11. The lowest BCUT2D eigenvalue weighted by Gasteiger charge is -2.34. The second kappa shape index (κ2) is 7.31. The molecule has 0 radical (unpaired) electrons. The van der Waals surface area contributed by atoms with Crippen molar-refractivity contribution in [3.05, 3.63) is 35.4 Å². The molecular formula is C17H21F3N2O3. The quantitative estimate of drug-likeness (QED) is 0.899. The standard InChI is InChI=1S/C17H21F3N2O3/c18-17(19,20)12-3-1-2-11(8-12)15-10-22(6-7-24-15)16(23)14-5-4-13(9-21)25-14/h1-3,8,13-15H,4-7,9-10,21H2/t13-,14+,15?/m1/s1. The number of nitrogens with two attached hydrogens (primary N) is 1. The van der Waals surface area contributed by atoms with Gasteiger partial charge in [0.1, 0.15) is 12.2 Å². The Morgan fingerprint density at radius 3 is 2.80 bits per heavy atom. The van der Waals surface area contributed by atoms with E-state index in [9.17, 15) is 18.0 Å². The van der Waals surface area contributed by atoms with Crippen LogP contribution in [0.3, 0.4) is 0 Å². The third kappa shape index (κ3) is 4.13. The van der Waals surface area contributed by atoms with E-state index in [1.54, 1.807) is 11.0 Å². The van der Waals surface area contributed by atoms with Crippen LogP contribution < -0.4 is 5.73 Å². The summed E-state index contributed by atoms with van der Waals surface area (Å²) in [5.41, 5.74) is 5.26. The first-order chi connectivity index (χ1) is 11.9. The van der Waals surface area contributed by atoms with E-state index >= 15 is 0 Å². The smallest absolute Gasteiger partial charge is 0.370 e. The summed E-state index contributed by atoms with van der Waals surface area (Å²) >= 11 is 0. The highest BCUT2D eigenvalue weighted by Crippen LogP contribution is 2.32. The highest BCUT2D eigenvalue weighted by Gasteiger charge is 2.36. The van der Waals surface area contributed by atoms with Crippen molar-refractivity contribution >= 4 is 5.91 Å². The molecule has 0 spiro atoms. The molecule has 3 rings (SSSR count). The van der Waals surface area contributed by atoms with Crippen LogP contribution in [0.15, 0.2) is 24.3 Å². The summed E-state index contributed by atoms with van der Waals surface area (Å²) in [5.74, 6) is -0.142. The number of morpholine rings is 1. The summed E-state index contributed by atoms with van der Waals surface area (Å²) in [4.78, 5) is 14.2. The van der Waals surface area contributed by atoms with Crippen LogP contribution in [0.2, 0.25) is 0 Å². The third-order valence-electron chi connectivity index (χ3n) is 4.61. The summed E-state index contributed by atoms with van der Waals surface area (Å²) in [5, 5.41) is 0. The molecule has 2 fully saturated rings. The normalized spacial score (nSPS) is 27.5. The molecule has 0 bridgehead atoms. The van der Waals surface area contributed by atoms with Crippen LogP contribution in [-0.4, -0.2) is 49.3 Å². The van der Waals surface area contributed by atoms with E-state index in [1.807, 2.05) is 0 Å². The number of hydrogen-bond donors (Lipinski definition) is 1. The molecule has 1 amide bonds. The number of ether oxygens (including phenoxy) is 2. The van der Waals surface area contributed by atoms with Gasteiger partial charge in [-0.25, -0.2) is 0 Å². The van der Waals surface area contributed by atoms with Gasteiger partial charge in [-0.15, -0.1) is 0 Å². The number of carbonyl (C=O) groups is 1. The zero-order chi connectivity index (χ0) is 18.0. The molecule has 3 atom stereocenters. The van der Waals surface area contributed by atoms with E-state index in [4.69, 9.17) is 15.2 Å². The Kier molecular flexibility index (Phi) is 5.31. The molecule has 1 unspecified atom stereocenters. The topological polar surface area (TPSA) is 64.8 Å². The molecule has 2 saturated heterocycles. The molecule has 2 aliphatic heterocycles. The Balaban J connectivity index is 1.68. The fraction of sp³-hybridized carbons (Fsp3) is 0.588. The van der Waals surface area contributed by atoms with E-state index in [0.717, 1.165) is 18.6 Å². The van der Waals surface area contributed by atoms with Crippen LogP contribution >= 0.6 is 0 Å². The zero-order valence-corrected chi connectivity index (χ0v) is 13.7. The van der Waals surface area contributed by atoms with Gasteiger partial charge in [-0.05, 0) is 30.5 Å². The highest BCUT2D eigenvalue weighted by atomic mass is 19.4. The van der Waals surface area contributed by atoms with Crippen molar-refractivity contribution in [2.75, 3.05) is 26.2 Å². The molecular weight excluding hydrogens is 337 g/mol. The summed E-state index contributed by atoms with van der Waals surface area (Å²) in [6, 6.07) is 5.04. The van der Waals surface area contributed by atoms with E-state index < -0.39 is 23.9 Å². The minimum atomic E-state index is -4.41. The molecule has 1 aromatic rings.